The summed E-state index contributed by atoms with van der Waals surface area (Å²) in [6, 6.07) is 0. The van der Waals surface area contributed by atoms with Crippen molar-refractivity contribution in [2.45, 2.75) is 37.4 Å². The van der Waals surface area contributed by atoms with Crippen molar-refractivity contribution in [3.63, 3.8) is 0 Å². The maximum Gasteiger partial charge on any atom is 0.422 e. The van der Waals surface area contributed by atoms with Crippen LogP contribution in [0.25, 0.3) is 0 Å². The Morgan fingerprint density at radius 3 is 1.83 bits per heavy atom. The molecule has 0 aliphatic heterocycles. The Kier molecular flexibility index (Phi) is 9.33. The number of hydrogen-bond acceptors (Lipinski definition) is 6. The van der Waals surface area contributed by atoms with E-state index in [1.807, 2.05) is 6.92 Å². The fourth-order valence-corrected chi connectivity index (χ4v) is 5.02. The predicted molar refractivity (Wildman–Crippen MR) is 92.0 cm³/mol. The number of carbonyl (C=O) groups is 2. The number of ether oxygens (including phenoxy) is 2. The molecule has 0 N–H and O–H groups in total. The molecular weight excluding hydrogens is 446 g/mol. The molecule has 0 aromatic heterocycles. The number of fused-ring (bicyclic) bond motifs is 2. The number of allylic oxidation sites excluding steroid dienone is 1. The van der Waals surface area contributed by atoms with Crippen LogP contribution in [0.1, 0.15) is 19.8 Å². The van der Waals surface area contributed by atoms with E-state index in [2.05, 4.69) is 16.1 Å². The number of rotatable bonds is 6. The first-order valence-electron chi connectivity index (χ1n) is 8.74. The third kappa shape index (κ3) is 7.25. The molecule has 2 rings (SSSR count). The van der Waals surface area contributed by atoms with Gasteiger partial charge in [-0.25, -0.2) is 4.21 Å². The van der Waals surface area contributed by atoms with Crippen LogP contribution in [0.4, 0.5) is 26.3 Å². The molecule has 2 aliphatic rings. The lowest BCUT2D eigenvalue weighted by atomic mass is 9.79. The minimum Gasteiger partial charge on any atom is -0.456 e. The van der Waals surface area contributed by atoms with Gasteiger partial charge in [-0.1, -0.05) is 6.08 Å². The van der Waals surface area contributed by atoms with E-state index in [1.54, 1.807) is 6.08 Å². The van der Waals surface area contributed by atoms with Gasteiger partial charge in [0.2, 0.25) is 0 Å². The Labute approximate surface area is 171 Å². The molecule has 13 heteroatoms. The van der Waals surface area contributed by atoms with E-state index in [0.29, 0.717) is 0 Å². The highest BCUT2D eigenvalue weighted by Crippen LogP contribution is 2.55. The summed E-state index contributed by atoms with van der Waals surface area (Å²) < 4.78 is 98.7. The minimum absolute atomic E-state index is 0.111. The van der Waals surface area contributed by atoms with Crippen molar-refractivity contribution in [1.82, 2.24) is 0 Å². The standard InChI is InChI=1S/C14H16F6O6S.C3H6/c1-24-27(23)8-3-6-2-7(8)10(12(22)26-5-14(18,19)20)9(6)11(21)25-4-13(15,16)17;1-3-2/h6-10H,2-5H2,1H3;3H,1H2,2H3. The summed E-state index contributed by atoms with van der Waals surface area (Å²) in [6.07, 6.45) is -7.62. The third-order valence-electron chi connectivity index (χ3n) is 4.66. The zero-order valence-electron chi connectivity index (χ0n) is 16.1. The highest BCUT2D eigenvalue weighted by Gasteiger charge is 2.61. The van der Waals surface area contributed by atoms with Crippen LogP contribution >= 0.6 is 0 Å². The maximum absolute atomic E-state index is 12.3. The first-order valence-corrected chi connectivity index (χ1v) is 9.88. The van der Waals surface area contributed by atoms with E-state index in [-0.39, 0.29) is 12.8 Å². The highest BCUT2D eigenvalue weighted by molar-refractivity contribution is 7.80. The van der Waals surface area contributed by atoms with Crippen molar-refractivity contribution in [2.24, 2.45) is 23.7 Å². The zero-order valence-corrected chi connectivity index (χ0v) is 16.9. The van der Waals surface area contributed by atoms with Gasteiger partial charge in [-0.15, -0.1) is 6.58 Å². The molecule has 0 heterocycles. The van der Waals surface area contributed by atoms with Gasteiger partial charge in [-0.3, -0.25) is 13.8 Å². The second kappa shape index (κ2) is 10.6. The molecule has 0 aromatic rings. The molecule has 0 spiro atoms. The topological polar surface area (TPSA) is 78.9 Å². The largest absolute Gasteiger partial charge is 0.456 e. The van der Waals surface area contributed by atoms with E-state index in [9.17, 15) is 40.1 Å². The van der Waals surface area contributed by atoms with Crippen LogP contribution in [0.5, 0.6) is 0 Å². The van der Waals surface area contributed by atoms with Crippen molar-refractivity contribution in [2.75, 3.05) is 20.3 Å². The minimum atomic E-state index is -4.81. The molecule has 2 aliphatic carbocycles. The number of hydrogen-bond donors (Lipinski definition) is 0. The van der Waals surface area contributed by atoms with Gasteiger partial charge in [-0.05, 0) is 31.6 Å². The monoisotopic (exact) mass is 468 g/mol. The van der Waals surface area contributed by atoms with Crippen LogP contribution < -0.4 is 0 Å². The van der Waals surface area contributed by atoms with E-state index in [0.717, 1.165) is 7.11 Å². The molecule has 6 atom stereocenters. The molecule has 0 radical (unpaired) electrons. The fourth-order valence-electron chi connectivity index (χ4n) is 3.81. The second-order valence-electron chi connectivity index (χ2n) is 6.77. The lowest BCUT2D eigenvalue weighted by molar-refractivity contribution is -0.198. The molecule has 2 bridgehead atoms. The predicted octanol–water partition coefficient (Wildman–Crippen LogP) is 3.34. The lowest BCUT2D eigenvalue weighted by Gasteiger charge is -2.32. The molecule has 0 saturated heterocycles. The number of carbonyl (C=O) groups excluding carboxylic acids is 2. The summed E-state index contributed by atoms with van der Waals surface area (Å²) >= 11 is -1.87. The third-order valence-corrected chi connectivity index (χ3v) is 6.02. The average molecular weight is 468 g/mol. The van der Waals surface area contributed by atoms with Gasteiger partial charge in [0, 0.05) is 0 Å². The Balaban J connectivity index is 0.00000141. The van der Waals surface area contributed by atoms with Gasteiger partial charge in [0.25, 0.3) is 0 Å². The summed E-state index contributed by atoms with van der Waals surface area (Å²) in [6.45, 7) is 1.47. The van der Waals surface area contributed by atoms with Crippen LogP contribution in [0, 0.1) is 23.7 Å². The van der Waals surface area contributed by atoms with Crippen molar-refractivity contribution >= 4 is 23.0 Å². The molecule has 0 aromatic carbocycles. The van der Waals surface area contributed by atoms with Crippen LogP contribution in [-0.4, -0.2) is 54.1 Å². The average Bonchev–Trinajstić information content (AvgIpc) is 3.21. The number of esters is 2. The Bertz CT molecular complexity index is 650. The summed E-state index contributed by atoms with van der Waals surface area (Å²) in [5.41, 5.74) is 0. The van der Waals surface area contributed by atoms with E-state index in [4.69, 9.17) is 4.18 Å². The molecule has 6 nitrogen and oxygen atoms in total. The Hall–Kier alpha value is -1.63. The van der Waals surface area contributed by atoms with Gasteiger partial charge in [-0.2, -0.15) is 26.3 Å². The first kappa shape index (κ1) is 26.4. The van der Waals surface area contributed by atoms with Crippen molar-refractivity contribution < 1.29 is 53.8 Å². The molecule has 2 fully saturated rings. The second-order valence-corrected chi connectivity index (χ2v) is 8.23. The van der Waals surface area contributed by atoms with Crippen LogP contribution in [0.15, 0.2) is 12.7 Å². The fraction of sp³-hybridized carbons (Fsp3) is 0.765. The van der Waals surface area contributed by atoms with Gasteiger partial charge in [0.1, 0.15) is 0 Å². The number of alkyl halides is 6. The Morgan fingerprint density at radius 2 is 1.43 bits per heavy atom. The summed E-state index contributed by atoms with van der Waals surface area (Å²) in [7, 11) is 1.13. The summed E-state index contributed by atoms with van der Waals surface area (Å²) in [5.74, 6) is -7.07. The zero-order chi connectivity index (χ0) is 23.3. The number of halogens is 6. The van der Waals surface area contributed by atoms with Crippen molar-refractivity contribution in [3.8, 4) is 0 Å². The molecule has 30 heavy (non-hydrogen) atoms. The van der Waals surface area contributed by atoms with Crippen molar-refractivity contribution in [1.29, 1.82) is 0 Å². The highest BCUT2D eigenvalue weighted by atomic mass is 32.2. The Morgan fingerprint density at radius 1 is 1.00 bits per heavy atom. The first-order chi connectivity index (χ1) is 13.8. The lowest BCUT2D eigenvalue weighted by Crippen LogP contribution is -2.44. The smallest absolute Gasteiger partial charge is 0.422 e. The quantitative estimate of drug-likeness (QED) is 0.338. The molecule has 174 valence electrons. The maximum atomic E-state index is 12.3. The van der Waals surface area contributed by atoms with E-state index in [1.165, 1.54) is 0 Å². The van der Waals surface area contributed by atoms with Gasteiger partial charge < -0.3 is 9.47 Å². The van der Waals surface area contributed by atoms with Crippen LogP contribution in [0.3, 0.4) is 0 Å². The normalized spacial score (nSPS) is 28.9. The summed E-state index contributed by atoms with van der Waals surface area (Å²) in [4.78, 5) is 24.2. The van der Waals surface area contributed by atoms with E-state index < -0.39 is 77.5 Å². The molecule has 2 saturated carbocycles. The van der Waals surface area contributed by atoms with Crippen LogP contribution in [0.2, 0.25) is 0 Å². The molecular formula is C17H22F6O6S. The molecule has 0 amide bonds. The van der Waals surface area contributed by atoms with Gasteiger partial charge in [0.05, 0.1) is 24.2 Å². The van der Waals surface area contributed by atoms with E-state index >= 15 is 0 Å². The van der Waals surface area contributed by atoms with Crippen molar-refractivity contribution in [3.05, 3.63) is 12.7 Å². The SMILES string of the molecule is C=CC.COS(=O)C1CC2CC1C(C(=O)OCC(F)(F)F)C2C(=O)OCC(F)(F)F. The summed E-state index contributed by atoms with van der Waals surface area (Å²) in [5, 5.41) is -0.741. The van der Waals surface area contributed by atoms with Gasteiger partial charge in [0.15, 0.2) is 24.3 Å². The van der Waals surface area contributed by atoms with Crippen LogP contribution in [-0.2, 0) is 34.3 Å². The van der Waals surface area contributed by atoms with Gasteiger partial charge >= 0.3 is 24.3 Å². The molecule has 6 unspecified atom stereocenters.